The van der Waals surface area contributed by atoms with Crippen molar-refractivity contribution in [3.05, 3.63) is 34.6 Å². The van der Waals surface area contributed by atoms with Crippen LogP contribution in [0.25, 0.3) is 0 Å². The van der Waals surface area contributed by atoms with Crippen molar-refractivity contribution >= 4 is 17.6 Å². The highest BCUT2D eigenvalue weighted by molar-refractivity contribution is 6.31. The molecule has 0 saturated carbocycles. The first-order chi connectivity index (χ1) is 9.40. The number of benzene rings is 1. The molecule has 112 valence electrons. The van der Waals surface area contributed by atoms with E-state index >= 15 is 0 Å². The van der Waals surface area contributed by atoms with Gasteiger partial charge >= 0.3 is 5.97 Å². The van der Waals surface area contributed by atoms with Crippen molar-refractivity contribution in [2.24, 2.45) is 5.92 Å². The molecule has 0 amide bonds. The smallest absolute Gasteiger partial charge is 0.306 e. The van der Waals surface area contributed by atoms with Gasteiger partial charge < -0.3 is 10.4 Å². The van der Waals surface area contributed by atoms with E-state index in [-0.39, 0.29) is 17.8 Å². The van der Waals surface area contributed by atoms with E-state index in [1.807, 2.05) is 6.92 Å². The minimum absolute atomic E-state index is 0.232. The van der Waals surface area contributed by atoms with Crippen LogP contribution in [0, 0.1) is 11.7 Å². The summed E-state index contributed by atoms with van der Waals surface area (Å²) in [5.74, 6) is -1.36. The molecule has 0 aromatic heterocycles. The first kappa shape index (κ1) is 16.9. The molecule has 5 heteroatoms. The number of carboxylic acid groups (broad SMARTS) is 1. The zero-order chi connectivity index (χ0) is 15.1. The molecular weight excluding hydrogens is 281 g/mol. The lowest BCUT2D eigenvalue weighted by Crippen LogP contribution is -2.25. The number of carboxylic acids is 1. The highest BCUT2D eigenvalue weighted by Crippen LogP contribution is 2.17. The summed E-state index contributed by atoms with van der Waals surface area (Å²) in [5.41, 5.74) is 0.734. The van der Waals surface area contributed by atoms with Crippen LogP contribution in [-0.2, 0) is 11.3 Å². The van der Waals surface area contributed by atoms with E-state index in [2.05, 4.69) is 5.32 Å². The Morgan fingerprint density at radius 2 is 2.10 bits per heavy atom. The fraction of sp³-hybridized carbons (Fsp3) is 0.533. The van der Waals surface area contributed by atoms with Crippen LogP contribution in [-0.4, -0.2) is 17.1 Å². The van der Waals surface area contributed by atoms with Gasteiger partial charge in [0.05, 0.1) is 5.92 Å². The summed E-state index contributed by atoms with van der Waals surface area (Å²) in [4.78, 5) is 10.7. The molecule has 0 spiro atoms. The van der Waals surface area contributed by atoms with Gasteiger partial charge in [-0.05, 0) is 43.5 Å². The lowest BCUT2D eigenvalue weighted by Gasteiger charge is -2.15. The van der Waals surface area contributed by atoms with E-state index < -0.39 is 5.97 Å². The average Bonchev–Trinajstić information content (AvgIpc) is 2.39. The Balaban J connectivity index is 2.31. The van der Waals surface area contributed by atoms with Crippen molar-refractivity contribution in [3.63, 3.8) is 0 Å². The Hall–Kier alpha value is -1.13. The van der Waals surface area contributed by atoms with Crippen LogP contribution in [0.5, 0.6) is 0 Å². The molecule has 0 bridgehead atoms. The fourth-order valence-corrected chi connectivity index (χ4v) is 2.10. The second-order valence-electron chi connectivity index (χ2n) is 5.19. The highest BCUT2D eigenvalue weighted by atomic mass is 35.5. The third kappa shape index (κ3) is 5.88. The molecule has 2 unspecified atom stereocenters. The van der Waals surface area contributed by atoms with E-state index in [4.69, 9.17) is 16.7 Å². The maximum absolute atomic E-state index is 13.1. The first-order valence-electron chi connectivity index (χ1n) is 6.80. The third-order valence-corrected chi connectivity index (χ3v) is 3.71. The molecule has 0 aliphatic carbocycles. The molecular formula is C15H21ClFNO2. The number of hydrogen-bond acceptors (Lipinski definition) is 2. The summed E-state index contributed by atoms with van der Waals surface area (Å²) >= 11 is 5.99. The quantitative estimate of drug-likeness (QED) is 0.767. The van der Waals surface area contributed by atoms with Crippen LogP contribution in [0.15, 0.2) is 18.2 Å². The van der Waals surface area contributed by atoms with Gasteiger partial charge in [-0.2, -0.15) is 0 Å². The lowest BCUT2D eigenvalue weighted by molar-refractivity contribution is -0.141. The van der Waals surface area contributed by atoms with Gasteiger partial charge in [-0.3, -0.25) is 4.79 Å². The summed E-state index contributed by atoms with van der Waals surface area (Å²) < 4.78 is 13.1. The van der Waals surface area contributed by atoms with Crippen LogP contribution >= 0.6 is 11.6 Å². The molecule has 0 saturated heterocycles. The number of carbonyl (C=O) groups is 1. The van der Waals surface area contributed by atoms with Crippen molar-refractivity contribution in [2.45, 2.75) is 45.7 Å². The van der Waals surface area contributed by atoms with Crippen LogP contribution in [0.1, 0.15) is 38.7 Å². The maximum atomic E-state index is 13.1. The molecule has 3 nitrogen and oxygen atoms in total. The molecule has 1 aromatic rings. The molecule has 0 radical (unpaired) electrons. The van der Waals surface area contributed by atoms with Crippen molar-refractivity contribution in [1.29, 1.82) is 0 Å². The Kier molecular flexibility index (Phi) is 6.96. The van der Waals surface area contributed by atoms with E-state index in [9.17, 15) is 9.18 Å². The maximum Gasteiger partial charge on any atom is 0.306 e. The summed E-state index contributed by atoms with van der Waals surface area (Å²) in [5, 5.41) is 12.6. The van der Waals surface area contributed by atoms with Gasteiger partial charge in [0.15, 0.2) is 0 Å². The van der Waals surface area contributed by atoms with E-state index in [0.717, 1.165) is 18.4 Å². The van der Waals surface area contributed by atoms with Gasteiger partial charge in [-0.25, -0.2) is 4.39 Å². The second kappa shape index (κ2) is 8.22. The van der Waals surface area contributed by atoms with Gasteiger partial charge in [0, 0.05) is 17.6 Å². The van der Waals surface area contributed by atoms with Gasteiger partial charge in [-0.15, -0.1) is 0 Å². The molecule has 0 fully saturated rings. The average molecular weight is 302 g/mol. The summed E-state index contributed by atoms with van der Waals surface area (Å²) in [6, 6.07) is 4.54. The van der Waals surface area contributed by atoms with Gasteiger partial charge in [-0.1, -0.05) is 24.9 Å². The minimum atomic E-state index is -0.753. The minimum Gasteiger partial charge on any atom is -0.481 e. The van der Waals surface area contributed by atoms with Crippen molar-refractivity contribution < 1.29 is 14.3 Å². The second-order valence-corrected chi connectivity index (χ2v) is 5.60. The predicted octanol–water partition coefficient (Wildman–Crippen LogP) is 3.85. The van der Waals surface area contributed by atoms with Gasteiger partial charge in [0.2, 0.25) is 0 Å². The molecule has 2 N–H and O–H groups in total. The number of hydrogen-bond donors (Lipinski definition) is 2. The summed E-state index contributed by atoms with van der Waals surface area (Å²) in [7, 11) is 0. The summed E-state index contributed by atoms with van der Waals surface area (Å²) in [6.07, 6.45) is 2.39. The molecule has 2 atom stereocenters. The topological polar surface area (TPSA) is 49.3 Å². The van der Waals surface area contributed by atoms with E-state index in [1.165, 1.54) is 12.1 Å². The number of rotatable bonds is 8. The summed E-state index contributed by atoms with van der Waals surface area (Å²) in [6.45, 7) is 4.25. The standard InChI is InChI=1S/C15H21ClFNO2/c1-10(15(19)20)4-3-5-11(2)18-9-12-8-13(17)6-7-14(12)16/h6-8,10-11,18H,3-5,9H2,1-2H3,(H,19,20). The molecule has 0 aliphatic heterocycles. The van der Waals surface area contributed by atoms with Gasteiger partial charge in [0.25, 0.3) is 0 Å². The third-order valence-electron chi connectivity index (χ3n) is 3.34. The van der Waals surface area contributed by atoms with E-state index in [0.29, 0.717) is 18.0 Å². The number of nitrogens with one attached hydrogen (secondary N) is 1. The monoisotopic (exact) mass is 301 g/mol. The zero-order valence-corrected chi connectivity index (χ0v) is 12.6. The van der Waals surface area contributed by atoms with Crippen molar-refractivity contribution in [2.75, 3.05) is 0 Å². The highest BCUT2D eigenvalue weighted by Gasteiger charge is 2.11. The SMILES string of the molecule is CC(CCCC(C)C(=O)O)NCc1cc(F)ccc1Cl. The molecule has 0 aliphatic rings. The van der Waals surface area contributed by atoms with Gasteiger partial charge in [0.1, 0.15) is 5.82 Å². The Labute approximate surface area is 124 Å². The Bertz CT molecular complexity index is 453. The fourth-order valence-electron chi connectivity index (χ4n) is 1.92. The predicted molar refractivity (Wildman–Crippen MR) is 78.4 cm³/mol. The van der Waals surface area contributed by atoms with Crippen LogP contribution in [0.4, 0.5) is 4.39 Å². The Morgan fingerprint density at radius 1 is 1.40 bits per heavy atom. The first-order valence-corrected chi connectivity index (χ1v) is 7.18. The van der Waals surface area contributed by atoms with Crippen LogP contribution in [0.3, 0.4) is 0 Å². The Morgan fingerprint density at radius 3 is 2.75 bits per heavy atom. The molecule has 0 heterocycles. The zero-order valence-electron chi connectivity index (χ0n) is 11.8. The molecule has 1 aromatic carbocycles. The number of halogens is 2. The van der Waals surface area contributed by atoms with Crippen molar-refractivity contribution in [3.8, 4) is 0 Å². The normalized spacial score (nSPS) is 14.0. The molecule has 20 heavy (non-hydrogen) atoms. The molecule has 1 rings (SSSR count). The van der Waals surface area contributed by atoms with E-state index in [1.54, 1.807) is 13.0 Å². The number of aliphatic carboxylic acids is 1. The van der Waals surface area contributed by atoms with Crippen molar-refractivity contribution in [1.82, 2.24) is 5.32 Å². The van der Waals surface area contributed by atoms with Crippen LogP contribution < -0.4 is 5.32 Å². The largest absolute Gasteiger partial charge is 0.481 e. The van der Waals surface area contributed by atoms with Crippen LogP contribution in [0.2, 0.25) is 5.02 Å². The lowest BCUT2D eigenvalue weighted by atomic mass is 10.0.